The Morgan fingerprint density at radius 2 is 1.73 bits per heavy atom. The van der Waals surface area contributed by atoms with Crippen molar-refractivity contribution in [3.8, 4) is 0 Å². The third-order valence-electron chi connectivity index (χ3n) is 2.37. The molecule has 1 aliphatic rings. The molecule has 3 N–H and O–H groups in total. The van der Waals surface area contributed by atoms with Crippen molar-refractivity contribution in [1.29, 1.82) is 0 Å². The van der Waals surface area contributed by atoms with Crippen LogP contribution in [0.4, 0.5) is 0 Å². The molecule has 1 aliphatic carbocycles. The molecule has 0 bridgehead atoms. The van der Waals surface area contributed by atoms with Crippen molar-refractivity contribution >= 4 is 5.91 Å². The van der Waals surface area contributed by atoms with Crippen LogP contribution < -0.4 is 11.3 Å². The van der Waals surface area contributed by atoms with Gasteiger partial charge in [-0.05, 0) is 12.8 Å². The lowest BCUT2D eigenvalue weighted by molar-refractivity contribution is -0.125. The van der Waals surface area contributed by atoms with Gasteiger partial charge in [0.15, 0.2) is 0 Å². The molecule has 0 unspecified atom stereocenters. The largest absolute Gasteiger partial charge is 0.294 e. The van der Waals surface area contributed by atoms with E-state index < -0.39 is 0 Å². The van der Waals surface area contributed by atoms with E-state index in [2.05, 4.69) is 5.43 Å². The number of nitrogens with two attached hydrogens (primary N) is 1. The predicted octanol–water partition coefficient (Wildman–Crippen LogP) is 0.947. The fraction of sp³-hybridized carbons (Fsp3) is 0.875. The number of rotatable bonds is 1. The van der Waals surface area contributed by atoms with E-state index in [0.29, 0.717) is 0 Å². The zero-order valence-electron chi connectivity index (χ0n) is 6.81. The van der Waals surface area contributed by atoms with Gasteiger partial charge in [-0.2, -0.15) is 0 Å². The molecule has 3 heteroatoms. The molecule has 1 rings (SSSR count). The Morgan fingerprint density at radius 1 is 1.18 bits per heavy atom. The monoisotopic (exact) mass is 156 g/mol. The number of hydrazine groups is 1. The van der Waals surface area contributed by atoms with Gasteiger partial charge in [0.05, 0.1) is 0 Å². The first-order valence-electron chi connectivity index (χ1n) is 4.35. The summed E-state index contributed by atoms with van der Waals surface area (Å²) in [5, 5.41) is 0. The van der Waals surface area contributed by atoms with Crippen LogP contribution in [0.3, 0.4) is 0 Å². The Labute approximate surface area is 67.3 Å². The Kier molecular flexibility index (Phi) is 3.36. The average molecular weight is 156 g/mol. The third-order valence-corrected chi connectivity index (χ3v) is 2.37. The van der Waals surface area contributed by atoms with Gasteiger partial charge in [0, 0.05) is 5.92 Å². The summed E-state index contributed by atoms with van der Waals surface area (Å²) in [6.07, 6.45) is 6.94. The van der Waals surface area contributed by atoms with E-state index in [0.717, 1.165) is 12.8 Å². The van der Waals surface area contributed by atoms with Gasteiger partial charge in [-0.15, -0.1) is 0 Å². The maximum absolute atomic E-state index is 11.1. The molecule has 0 aromatic rings. The summed E-state index contributed by atoms with van der Waals surface area (Å²) in [6, 6.07) is 0. The van der Waals surface area contributed by atoms with E-state index in [1.165, 1.54) is 25.7 Å². The smallest absolute Gasteiger partial charge is 0.236 e. The second-order valence-corrected chi connectivity index (χ2v) is 3.20. The molecule has 64 valence electrons. The van der Waals surface area contributed by atoms with E-state index in [9.17, 15) is 4.79 Å². The molecule has 0 atom stereocenters. The van der Waals surface area contributed by atoms with Crippen LogP contribution in [0.2, 0.25) is 0 Å². The molecule has 0 radical (unpaired) electrons. The summed E-state index contributed by atoms with van der Waals surface area (Å²) < 4.78 is 0. The van der Waals surface area contributed by atoms with Crippen molar-refractivity contribution in [2.75, 3.05) is 0 Å². The van der Waals surface area contributed by atoms with Crippen LogP contribution in [-0.4, -0.2) is 5.91 Å². The summed E-state index contributed by atoms with van der Waals surface area (Å²) in [5.41, 5.74) is 2.22. The first-order chi connectivity index (χ1) is 5.34. The van der Waals surface area contributed by atoms with Gasteiger partial charge in [0.25, 0.3) is 0 Å². The molecule has 0 heterocycles. The topological polar surface area (TPSA) is 55.1 Å². The molecular formula is C8H16N2O. The van der Waals surface area contributed by atoms with Crippen LogP contribution in [0.1, 0.15) is 38.5 Å². The first kappa shape index (κ1) is 8.53. The van der Waals surface area contributed by atoms with Crippen molar-refractivity contribution in [2.45, 2.75) is 38.5 Å². The molecule has 0 aromatic carbocycles. The summed E-state index contributed by atoms with van der Waals surface area (Å²) >= 11 is 0. The molecule has 3 nitrogen and oxygen atoms in total. The lowest BCUT2D eigenvalue weighted by Crippen LogP contribution is -2.35. The van der Waals surface area contributed by atoms with Gasteiger partial charge in [-0.3, -0.25) is 10.2 Å². The molecular weight excluding hydrogens is 140 g/mol. The summed E-state index contributed by atoms with van der Waals surface area (Å²) in [5.74, 6) is 5.26. The minimum atomic E-state index is 0.0203. The summed E-state index contributed by atoms with van der Waals surface area (Å²) in [4.78, 5) is 11.1. The van der Waals surface area contributed by atoms with Crippen LogP contribution in [0, 0.1) is 5.92 Å². The maximum Gasteiger partial charge on any atom is 0.236 e. The number of hydrogen-bond donors (Lipinski definition) is 2. The fourth-order valence-electron chi connectivity index (χ4n) is 1.66. The normalized spacial score (nSPS) is 20.8. The van der Waals surface area contributed by atoms with Crippen LogP contribution in [0.25, 0.3) is 0 Å². The van der Waals surface area contributed by atoms with Crippen molar-refractivity contribution in [3.05, 3.63) is 0 Å². The van der Waals surface area contributed by atoms with Gasteiger partial charge < -0.3 is 0 Å². The standard InChI is InChI=1S/C8H16N2O/c9-10-8(11)7-5-3-1-2-4-6-7/h7H,1-6,9H2,(H,10,11). The maximum atomic E-state index is 11.1. The Hall–Kier alpha value is -0.570. The summed E-state index contributed by atoms with van der Waals surface area (Å²) in [6.45, 7) is 0. The average Bonchev–Trinajstić information content (AvgIpc) is 2.30. The molecule has 11 heavy (non-hydrogen) atoms. The van der Waals surface area contributed by atoms with E-state index >= 15 is 0 Å². The second-order valence-electron chi connectivity index (χ2n) is 3.20. The van der Waals surface area contributed by atoms with Crippen molar-refractivity contribution in [1.82, 2.24) is 5.43 Å². The minimum absolute atomic E-state index is 0.0203. The lowest BCUT2D eigenvalue weighted by Gasteiger charge is -2.10. The highest BCUT2D eigenvalue weighted by Gasteiger charge is 2.18. The van der Waals surface area contributed by atoms with E-state index in [1.54, 1.807) is 0 Å². The van der Waals surface area contributed by atoms with Crippen molar-refractivity contribution < 1.29 is 4.79 Å². The predicted molar refractivity (Wildman–Crippen MR) is 43.5 cm³/mol. The Balaban J connectivity index is 2.36. The number of amides is 1. The molecule has 0 spiro atoms. The van der Waals surface area contributed by atoms with Crippen LogP contribution in [0.15, 0.2) is 0 Å². The van der Waals surface area contributed by atoms with Gasteiger partial charge >= 0.3 is 0 Å². The number of hydrogen-bond acceptors (Lipinski definition) is 2. The lowest BCUT2D eigenvalue weighted by atomic mass is 10.00. The molecule has 1 fully saturated rings. The highest BCUT2D eigenvalue weighted by molar-refractivity contribution is 5.77. The minimum Gasteiger partial charge on any atom is -0.294 e. The number of nitrogens with one attached hydrogen (secondary N) is 1. The molecule has 0 aromatic heterocycles. The van der Waals surface area contributed by atoms with Crippen LogP contribution >= 0.6 is 0 Å². The Morgan fingerprint density at radius 3 is 2.18 bits per heavy atom. The van der Waals surface area contributed by atoms with Crippen LogP contribution in [0.5, 0.6) is 0 Å². The first-order valence-corrected chi connectivity index (χ1v) is 4.35. The molecule has 1 saturated carbocycles. The van der Waals surface area contributed by atoms with Gasteiger partial charge in [-0.25, -0.2) is 5.84 Å². The quantitative estimate of drug-likeness (QED) is 0.257. The summed E-state index contributed by atoms with van der Waals surface area (Å²) in [7, 11) is 0. The molecule has 0 saturated heterocycles. The zero-order valence-corrected chi connectivity index (χ0v) is 6.81. The highest BCUT2D eigenvalue weighted by atomic mass is 16.2. The van der Waals surface area contributed by atoms with E-state index in [-0.39, 0.29) is 11.8 Å². The highest BCUT2D eigenvalue weighted by Crippen LogP contribution is 2.22. The van der Waals surface area contributed by atoms with Crippen molar-refractivity contribution in [3.63, 3.8) is 0 Å². The Bertz CT molecular complexity index is 128. The molecule has 0 aliphatic heterocycles. The number of carbonyl (C=O) groups excluding carboxylic acids is 1. The van der Waals surface area contributed by atoms with Gasteiger partial charge in [-0.1, -0.05) is 25.7 Å². The van der Waals surface area contributed by atoms with Crippen LogP contribution in [-0.2, 0) is 4.79 Å². The molecule has 1 amide bonds. The van der Waals surface area contributed by atoms with Gasteiger partial charge in [0.2, 0.25) is 5.91 Å². The van der Waals surface area contributed by atoms with Crippen molar-refractivity contribution in [2.24, 2.45) is 11.8 Å². The second kappa shape index (κ2) is 4.34. The van der Waals surface area contributed by atoms with E-state index in [4.69, 9.17) is 5.84 Å². The van der Waals surface area contributed by atoms with Gasteiger partial charge in [0.1, 0.15) is 0 Å². The van der Waals surface area contributed by atoms with E-state index in [1.807, 2.05) is 0 Å². The number of carbonyl (C=O) groups is 1. The fourth-order valence-corrected chi connectivity index (χ4v) is 1.66. The zero-order chi connectivity index (χ0) is 8.10. The SMILES string of the molecule is NNC(=O)C1CCCCCC1. The third kappa shape index (κ3) is 2.50.